The second-order valence-electron chi connectivity index (χ2n) is 7.11. The molecule has 2 heterocycles. The number of ether oxygens (including phenoxy) is 1. The molecule has 1 aromatic rings. The van der Waals surface area contributed by atoms with Gasteiger partial charge in [-0.3, -0.25) is 19.8 Å². The maximum atomic E-state index is 12.7. The smallest absolute Gasteiger partial charge is 0.330 e. The SMILES string of the molecule is CC(S[C@@H]1CC2CC(=O)N2[C@@H]1C(=O)OCc1ccc([N+](=O)[O-])cc1)N(C)C. The summed E-state index contributed by atoms with van der Waals surface area (Å²) in [6.45, 7) is 2.10. The van der Waals surface area contributed by atoms with Gasteiger partial charge >= 0.3 is 5.97 Å². The van der Waals surface area contributed by atoms with E-state index in [2.05, 4.69) is 11.8 Å². The number of nitro groups is 1. The Kier molecular flexibility index (Phi) is 5.71. The van der Waals surface area contributed by atoms with Crippen LogP contribution in [0.15, 0.2) is 24.3 Å². The van der Waals surface area contributed by atoms with E-state index in [1.807, 2.05) is 14.1 Å². The van der Waals surface area contributed by atoms with Gasteiger partial charge in [0.25, 0.3) is 5.69 Å². The molecular weight excluding hydrogens is 370 g/mol. The predicted octanol–water partition coefficient (Wildman–Crippen LogP) is 2.02. The highest BCUT2D eigenvalue weighted by molar-refractivity contribution is 8.00. The van der Waals surface area contributed by atoms with Crippen molar-refractivity contribution in [3.05, 3.63) is 39.9 Å². The van der Waals surface area contributed by atoms with Crippen LogP contribution in [0.3, 0.4) is 0 Å². The predicted molar refractivity (Wildman–Crippen MR) is 101 cm³/mol. The first-order chi connectivity index (χ1) is 12.8. The average molecular weight is 393 g/mol. The van der Waals surface area contributed by atoms with Gasteiger partial charge in [-0.1, -0.05) is 0 Å². The summed E-state index contributed by atoms with van der Waals surface area (Å²) in [6.07, 6.45) is 1.30. The van der Waals surface area contributed by atoms with Crippen molar-refractivity contribution in [2.45, 2.75) is 49.1 Å². The molecule has 1 amide bonds. The number of nitrogens with zero attached hydrogens (tertiary/aromatic N) is 3. The molecule has 4 atom stereocenters. The summed E-state index contributed by atoms with van der Waals surface area (Å²) in [7, 11) is 3.96. The normalized spacial score (nSPS) is 25.1. The number of esters is 1. The summed E-state index contributed by atoms with van der Waals surface area (Å²) in [5.41, 5.74) is 0.660. The molecule has 0 aromatic heterocycles. The Hall–Kier alpha value is -2.13. The molecule has 0 bridgehead atoms. The zero-order valence-corrected chi connectivity index (χ0v) is 16.3. The largest absolute Gasteiger partial charge is 0.459 e. The molecule has 8 nitrogen and oxygen atoms in total. The lowest BCUT2D eigenvalue weighted by Gasteiger charge is -2.38. The van der Waals surface area contributed by atoms with E-state index in [0.717, 1.165) is 6.42 Å². The first-order valence-corrected chi connectivity index (χ1v) is 9.75. The first-order valence-electron chi connectivity index (χ1n) is 8.81. The highest BCUT2D eigenvalue weighted by atomic mass is 32.2. The van der Waals surface area contributed by atoms with E-state index in [1.165, 1.54) is 12.1 Å². The summed E-state index contributed by atoms with van der Waals surface area (Å²) in [5.74, 6) is -0.412. The molecule has 0 saturated carbocycles. The molecule has 2 saturated heterocycles. The Balaban J connectivity index is 1.65. The van der Waals surface area contributed by atoms with Gasteiger partial charge in [-0.2, -0.15) is 0 Å². The monoisotopic (exact) mass is 393 g/mol. The fourth-order valence-corrected chi connectivity index (χ4v) is 4.85. The number of amides is 1. The number of benzene rings is 1. The lowest BCUT2D eigenvalue weighted by Crippen LogP contribution is -2.55. The summed E-state index contributed by atoms with van der Waals surface area (Å²) in [6, 6.07) is 5.45. The van der Waals surface area contributed by atoms with Gasteiger partial charge in [0.05, 0.1) is 10.3 Å². The van der Waals surface area contributed by atoms with Crippen molar-refractivity contribution in [3.63, 3.8) is 0 Å². The molecule has 3 rings (SSSR count). The standard InChI is InChI=1S/C18H23N3O5S/c1-11(19(2)3)27-15-8-14-9-16(22)20(14)17(15)18(23)26-10-12-4-6-13(7-5-12)21(24)25/h4-7,11,14-15,17H,8-10H2,1-3H3/t11?,14?,15-,17+/m1/s1. The summed E-state index contributed by atoms with van der Waals surface area (Å²) in [5, 5.41) is 10.9. The number of thioether (sulfide) groups is 1. The number of β-lactam (4-membered cyclic amide) rings is 1. The highest BCUT2D eigenvalue weighted by Gasteiger charge is 2.54. The van der Waals surface area contributed by atoms with Gasteiger partial charge in [-0.15, -0.1) is 11.8 Å². The van der Waals surface area contributed by atoms with E-state index in [-0.39, 0.29) is 34.9 Å². The van der Waals surface area contributed by atoms with E-state index in [9.17, 15) is 19.7 Å². The van der Waals surface area contributed by atoms with Crippen molar-refractivity contribution < 1.29 is 19.2 Å². The molecule has 0 radical (unpaired) electrons. The number of carbonyl (C=O) groups excluding carboxylic acids is 2. The zero-order chi connectivity index (χ0) is 19.7. The van der Waals surface area contributed by atoms with Crippen molar-refractivity contribution >= 4 is 29.3 Å². The minimum absolute atomic E-state index is 0.00195. The fourth-order valence-electron chi connectivity index (χ4n) is 3.38. The van der Waals surface area contributed by atoms with Gasteiger partial charge in [0.15, 0.2) is 0 Å². The van der Waals surface area contributed by atoms with Gasteiger partial charge in [0.1, 0.15) is 12.6 Å². The molecule has 2 aliphatic rings. The summed E-state index contributed by atoms with van der Waals surface area (Å²) >= 11 is 1.68. The van der Waals surface area contributed by atoms with Crippen LogP contribution in [0, 0.1) is 10.1 Å². The molecule has 0 spiro atoms. The van der Waals surface area contributed by atoms with Crippen LogP contribution < -0.4 is 0 Å². The van der Waals surface area contributed by atoms with Crippen molar-refractivity contribution in [3.8, 4) is 0 Å². The summed E-state index contributed by atoms with van der Waals surface area (Å²) < 4.78 is 5.46. The number of non-ortho nitro benzene ring substituents is 1. The third-order valence-electron chi connectivity index (χ3n) is 5.12. The van der Waals surface area contributed by atoms with E-state index in [4.69, 9.17) is 4.74 Å². The number of nitro benzene ring substituents is 1. The van der Waals surface area contributed by atoms with E-state index in [0.29, 0.717) is 12.0 Å². The topological polar surface area (TPSA) is 93.0 Å². The van der Waals surface area contributed by atoms with E-state index < -0.39 is 16.9 Å². The molecule has 27 heavy (non-hydrogen) atoms. The van der Waals surface area contributed by atoms with Crippen LogP contribution in [0.5, 0.6) is 0 Å². The Morgan fingerprint density at radius 1 is 1.41 bits per heavy atom. The zero-order valence-electron chi connectivity index (χ0n) is 15.5. The molecule has 146 valence electrons. The molecular formula is C18H23N3O5S. The highest BCUT2D eigenvalue weighted by Crippen LogP contribution is 2.42. The second kappa shape index (κ2) is 7.85. The Morgan fingerprint density at radius 2 is 2.07 bits per heavy atom. The maximum absolute atomic E-state index is 12.7. The van der Waals surface area contributed by atoms with Crippen molar-refractivity contribution in [2.75, 3.05) is 14.1 Å². The van der Waals surface area contributed by atoms with Gasteiger partial charge in [0.2, 0.25) is 5.91 Å². The number of fused-ring (bicyclic) bond motifs is 1. The molecule has 2 aliphatic heterocycles. The van der Waals surface area contributed by atoms with Crippen LogP contribution in [-0.4, -0.2) is 63.4 Å². The minimum Gasteiger partial charge on any atom is -0.459 e. The number of hydrogen-bond acceptors (Lipinski definition) is 7. The van der Waals surface area contributed by atoms with Crippen molar-refractivity contribution in [1.29, 1.82) is 0 Å². The van der Waals surface area contributed by atoms with Gasteiger partial charge in [-0.25, -0.2) is 4.79 Å². The molecule has 2 fully saturated rings. The lowest BCUT2D eigenvalue weighted by molar-refractivity contribution is -0.384. The Labute approximate surface area is 162 Å². The van der Waals surface area contributed by atoms with Gasteiger partial charge in [0, 0.05) is 29.8 Å². The fraction of sp³-hybridized carbons (Fsp3) is 0.556. The van der Waals surface area contributed by atoms with Crippen LogP contribution in [0.4, 0.5) is 5.69 Å². The maximum Gasteiger partial charge on any atom is 0.330 e. The molecule has 1 aromatic carbocycles. The Morgan fingerprint density at radius 3 is 2.63 bits per heavy atom. The third-order valence-corrected chi connectivity index (χ3v) is 6.73. The molecule has 2 unspecified atom stereocenters. The lowest BCUT2D eigenvalue weighted by atomic mass is 10.0. The number of hydrogen-bond donors (Lipinski definition) is 0. The van der Waals surface area contributed by atoms with Crippen LogP contribution in [0.1, 0.15) is 25.3 Å². The molecule has 0 N–H and O–H groups in total. The number of carbonyl (C=O) groups is 2. The third kappa shape index (κ3) is 4.08. The van der Waals surface area contributed by atoms with E-state index >= 15 is 0 Å². The van der Waals surface area contributed by atoms with Crippen molar-refractivity contribution in [1.82, 2.24) is 9.80 Å². The summed E-state index contributed by atoms with van der Waals surface area (Å²) in [4.78, 5) is 38.7. The Bertz CT molecular complexity index is 739. The number of rotatable bonds is 7. The van der Waals surface area contributed by atoms with Crippen LogP contribution >= 0.6 is 11.8 Å². The van der Waals surface area contributed by atoms with Crippen LogP contribution in [0.2, 0.25) is 0 Å². The molecule has 0 aliphatic carbocycles. The van der Waals surface area contributed by atoms with E-state index in [1.54, 1.807) is 28.8 Å². The van der Waals surface area contributed by atoms with Gasteiger partial charge in [-0.05, 0) is 45.1 Å². The van der Waals surface area contributed by atoms with Crippen LogP contribution in [-0.2, 0) is 20.9 Å². The first kappa shape index (κ1) is 19.6. The van der Waals surface area contributed by atoms with Crippen molar-refractivity contribution in [2.24, 2.45) is 0 Å². The van der Waals surface area contributed by atoms with Crippen LogP contribution in [0.25, 0.3) is 0 Å². The van der Waals surface area contributed by atoms with Gasteiger partial charge < -0.3 is 9.64 Å². The minimum atomic E-state index is -0.568. The second-order valence-corrected chi connectivity index (χ2v) is 8.67. The quantitative estimate of drug-likeness (QED) is 0.230. The average Bonchev–Trinajstić information content (AvgIpc) is 2.91. The molecule has 9 heteroatoms.